The number of carbonyl (C=O) groups is 1. The standard InChI is InChI=1S/C24H30FN3O3S/c1-18(19-6-9-22(25)10-7-19)26(2)17-24(29)27-12-14-28(15-13-27)32(30,31)23-11-8-20-4-3-5-21(20)16-23/h6-11,16,18H,3-5,12-15,17H2,1-2H3. The molecule has 4 rings (SSSR count). The zero-order valence-electron chi connectivity index (χ0n) is 18.6. The zero-order valence-corrected chi connectivity index (χ0v) is 19.4. The van der Waals surface area contributed by atoms with Crippen LogP contribution >= 0.6 is 0 Å². The first-order valence-corrected chi connectivity index (χ1v) is 12.5. The molecule has 1 heterocycles. The quantitative estimate of drug-likeness (QED) is 0.667. The van der Waals surface area contributed by atoms with Crippen LogP contribution in [0.25, 0.3) is 0 Å². The fraction of sp³-hybridized carbons (Fsp3) is 0.458. The molecule has 0 radical (unpaired) electrons. The fourth-order valence-electron chi connectivity index (χ4n) is 4.48. The molecular formula is C24H30FN3O3S. The molecule has 0 aromatic heterocycles. The van der Waals surface area contributed by atoms with Crippen molar-refractivity contribution in [2.75, 3.05) is 39.8 Å². The molecule has 1 unspecified atom stereocenters. The Morgan fingerprint density at radius 3 is 2.38 bits per heavy atom. The first kappa shape index (κ1) is 22.9. The number of aryl methyl sites for hydroxylation is 2. The van der Waals surface area contributed by atoms with Crippen LogP contribution in [0.4, 0.5) is 4.39 Å². The Kier molecular flexibility index (Phi) is 6.65. The molecule has 1 fully saturated rings. The van der Waals surface area contributed by atoms with E-state index in [4.69, 9.17) is 0 Å². The van der Waals surface area contributed by atoms with Crippen molar-refractivity contribution in [2.45, 2.75) is 37.1 Å². The van der Waals surface area contributed by atoms with E-state index in [2.05, 4.69) is 0 Å². The Balaban J connectivity index is 1.33. The summed E-state index contributed by atoms with van der Waals surface area (Å²) >= 11 is 0. The third-order valence-electron chi connectivity index (χ3n) is 6.70. The van der Waals surface area contributed by atoms with E-state index in [-0.39, 0.29) is 24.3 Å². The maximum atomic E-state index is 13.2. The largest absolute Gasteiger partial charge is 0.339 e. The molecule has 1 atom stereocenters. The van der Waals surface area contributed by atoms with Gasteiger partial charge in [-0.1, -0.05) is 18.2 Å². The zero-order chi connectivity index (χ0) is 22.9. The van der Waals surface area contributed by atoms with E-state index in [1.807, 2.05) is 31.0 Å². The first-order valence-electron chi connectivity index (χ1n) is 11.1. The van der Waals surface area contributed by atoms with Gasteiger partial charge in [0.15, 0.2) is 0 Å². The maximum absolute atomic E-state index is 13.2. The Morgan fingerprint density at radius 1 is 1.03 bits per heavy atom. The number of sulfonamides is 1. The van der Waals surface area contributed by atoms with Crippen LogP contribution in [0.5, 0.6) is 0 Å². The molecule has 172 valence electrons. The first-order chi connectivity index (χ1) is 15.3. The Labute approximate surface area is 189 Å². The summed E-state index contributed by atoms with van der Waals surface area (Å²) in [4.78, 5) is 16.8. The molecule has 2 aromatic rings. The summed E-state index contributed by atoms with van der Waals surface area (Å²) in [7, 11) is -1.69. The number of likely N-dealkylation sites (N-methyl/N-ethyl adjacent to an activating group) is 1. The minimum atomic E-state index is -3.55. The number of amides is 1. The summed E-state index contributed by atoms with van der Waals surface area (Å²) in [5.41, 5.74) is 3.32. The van der Waals surface area contributed by atoms with Crippen LogP contribution in [0.2, 0.25) is 0 Å². The number of benzene rings is 2. The molecule has 32 heavy (non-hydrogen) atoms. The van der Waals surface area contributed by atoms with E-state index >= 15 is 0 Å². The average molecular weight is 460 g/mol. The van der Waals surface area contributed by atoms with Gasteiger partial charge in [0.2, 0.25) is 15.9 Å². The van der Waals surface area contributed by atoms with E-state index in [0.717, 1.165) is 30.4 Å². The number of hydrogen-bond donors (Lipinski definition) is 0. The number of carbonyl (C=O) groups excluding carboxylic acids is 1. The van der Waals surface area contributed by atoms with Gasteiger partial charge in [0.1, 0.15) is 5.82 Å². The summed E-state index contributed by atoms with van der Waals surface area (Å²) in [6, 6.07) is 11.7. The SMILES string of the molecule is CC(c1ccc(F)cc1)N(C)CC(=O)N1CCN(S(=O)(=O)c2ccc3c(c2)CCC3)CC1. The topological polar surface area (TPSA) is 60.9 Å². The molecule has 0 spiro atoms. The van der Waals surface area contributed by atoms with Gasteiger partial charge in [-0.05, 0) is 74.2 Å². The van der Waals surface area contributed by atoms with E-state index < -0.39 is 10.0 Å². The molecule has 1 saturated heterocycles. The van der Waals surface area contributed by atoms with Crippen molar-refractivity contribution < 1.29 is 17.6 Å². The van der Waals surface area contributed by atoms with Crippen molar-refractivity contribution in [1.29, 1.82) is 0 Å². The van der Waals surface area contributed by atoms with Gasteiger partial charge in [0.05, 0.1) is 11.4 Å². The summed E-state index contributed by atoms with van der Waals surface area (Å²) in [6.45, 7) is 3.53. The van der Waals surface area contributed by atoms with Gasteiger partial charge in [-0.15, -0.1) is 0 Å². The van der Waals surface area contributed by atoms with Gasteiger partial charge in [-0.3, -0.25) is 9.69 Å². The van der Waals surface area contributed by atoms with Crippen molar-refractivity contribution in [3.63, 3.8) is 0 Å². The molecule has 1 amide bonds. The highest BCUT2D eigenvalue weighted by atomic mass is 32.2. The monoisotopic (exact) mass is 459 g/mol. The Bertz CT molecular complexity index is 1080. The van der Waals surface area contributed by atoms with Crippen molar-refractivity contribution in [3.05, 3.63) is 65.0 Å². The van der Waals surface area contributed by atoms with Crippen LogP contribution in [0.15, 0.2) is 47.4 Å². The van der Waals surface area contributed by atoms with Crippen molar-refractivity contribution in [2.24, 2.45) is 0 Å². The maximum Gasteiger partial charge on any atom is 0.243 e. The number of halogens is 1. The highest BCUT2D eigenvalue weighted by molar-refractivity contribution is 7.89. The van der Waals surface area contributed by atoms with Gasteiger partial charge in [0, 0.05) is 32.2 Å². The van der Waals surface area contributed by atoms with Crippen LogP contribution in [-0.4, -0.2) is 68.2 Å². The molecule has 0 bridgehead atoms. The number of hydrogen-bond acceptors (Lipinski definition) is 4. The molecule has 8 heteroatoms. The minimum absolute atomic E-state index is 0.0314. The number of piperazine rings is 1. The van der Waals surface area contributed by atoms with Crippen molar-refractivity contribution in [1.82, 2.24) is 14.1 Å². The third-order valence-corrected chi connectivity index (χ3v) is 8.59. The smallest absolute Gasteiger partial charge is 0.243 e. The summed E-state index contributed by atoms with van der Waals surface area (Å²) < 4.78 is 40.8. The molecule has 6 nitrogen and oxygen atoms in total. The second kappa shape index (κ2) is 9.29. The number of rotatable bonds is 6. The second-order valence-corrected chi connectivity index (χ2v) is 10.6. The third kappa shape index (κ3) is 4.72. The molecule has 0 N–H and O–H groups in total. The predicted octanol–water partition coefficient (Wildman–Crippen LogP) is 2.84. The molecular weight excluding hydrogens is 429 g/mol. The lowest BCUT2D eigenvalue weighted by atomic mass is 10.1. The summed E-state index contributed by atoms with van der Waals surface area (Å²) in [5, 5.41) is 0. The van der Waals surface area contributed by atoms with Crippen molar-refractivity contribution >= 4 is 15.9 Å². The van der Waals surface area contributed by atoms with E-state index in [1.54, 1.807) is 23.1 Å². The lowest BCUT2D eigenvalue weighted by molar-refractivity contribution is -0.133. The number of nitrogens with zero attached hydrogens (tertiary/aromatic N) is 3. The van der Waals surface area contributed by atoms with Crippen LogP contribution in [0.1, 0.15) is 36.1 Å². The average Bonchev–Trinajstić information content (AvgIpc) is 3.27. The lowest BCUT2D eigenvalue weighted by Gasteiger charge is -2.35. The van der Waals surface area contributed by atoms with Gasteiger partial charge in [-0.2, -0.15) is 4.31 Å². The molecule has 1 aliphatic carbocycles. The Hall–Kier alpha value is -2.29. The second-order valence-electron chi connectivity index (χ2n) is 8.71. The Morgan fingerprint density at radius 2 is 1.69 bits per heavy atom. The van der Waals surface area contributed by atoms with Crippen LogP contribution in [-0.2, 0) is 27.7 Å². The van der Waals surface area contributed by atoms with Crippen LogP contribution in [0, 0.1) is 5.82 Å². The van der Waals surface area contributed by atoms with Gasteiger partial charge < -0.3 is 4.90 Å². The van der Waals surface area contributed by atoms with Crippen molar-refractivity contribution in [3.8, 4) is 0 Å². The molecule has 1 aliphatic heterocycles. The van der Waals surface area contributed by atoms with E-state index in [0.29, 0.717) is 31.1 Å². The van der Waals surface area contributed by atoms with E-state index in [9.17, 15) is 17.6 Å². The van der Waals surface area contributed by atoms with E-state index in [1.165, 1.54) is 22.0 Å². The highest BCUT2D eigenvalue weighted by Crippen LogP contribution is 2.27. The number of fused-ring (bicyclic) bond motifs is 1. The summed E-state index contributed by atoms with van der Waals surface area (Å²) in [5.74, 6) is -0.316. The van der Waals surface area contributed by atoms with Gasteiger partial charge >= 0.3 is 0 Å². The van der Waals surface area contributed by atoms with Crippen LogP contribution in [0.3, 0.4) is 0 Å². The molecule has 0 saturated carbocycles. The lowest BCUT2D eigenvalue weighted by Crippen LogP contribution is -2.52. The van der Waals surface area contributed by atoms with Gasteiger partial charge in [-0.25, -0.2) is 12.8 Å². The minimum Gasteiger partial charge on any atom is -0.339 e. The molecule has 2 aromatic carbocycles. The van der Waals surface area contributed by atoms with Gasteiger partial charge in [0.25, 0.3) is 0 Å². The predicted molar refractivity (Wildman–Crippen MR) is 121 cm³/mol. The molecule has 2 aliphatic rings. The van der Waals surface area contributed by atoms with Crippen LogP contribution < -0.4 is 0 Å². The summed E-state index contributed by atoms with van der Waals surface area (Å²) in [6.07, 6.45) is 3.03. The normalized spacial score (nSPS) is 18.1. The highest BCUT2D eigenvalue weighted by Gasteiger charge is 2.31. The fourth-order valence-corrected chi connectivity index (χ4v) is 5.95.